The molecule has 0 spiro atoms. The van der Waals surface area contributed by atoms with Crippen molar-refractivity contribution in [3.8, 4) is 5.75 Å². The molecule has 1 N–H and O–H groups in total. The molecule has 7 heteroatoms. The second-order valence-electron chi connectivity index (χ2n) is 3.96. The summed E-state index contributed by atoms with van der Waals surface area (Å²) in [5.41, 5.74) is 0.665. The molecular formula is C12H15NO6. The summed E-state index contributed by atoms with van der Waals surface area (Å²) in [7, 11) is 0. The normalized spacial score (nSPS) is 11.7. The number of benzene rings is 1. The quantitative estimate of drug-likeness (QED) is 0.339. The van der Waals surface area contributed by atoms with Gasteiger partial charge < -0.3 is 14.6 Å². The third-order valence-electron chi connectivity index (χ3n) is 2.09. The highest BCUT2D eigenvalue weighted by molar-refractivity contribution is 5.72. The van der Waals surface area contributed by atoms with Gasteiger partial charge in [-0.3, -0.25) is 14.9 Å². The Hall–Kier alpha value is -2.15. The molecule has 0 radical (unpaired) electrons. The molecule has 0 aromatic heterocycles. The Morgan fingerprint density at radius 1 is 1.42 bits per heavy atom. The van der Waals surface area contributed by atoms with Crippen molar-refractivity contribution >= 4 is 5.97 Å². The van der Waals surface area contributed by atoms with Gasteiger partial charge in [0.25, 0.3) is 0 Å². The topological polar surface area (TPSA) is 98.9 Å². The summed E-state index contributed by atoms with van der Waals surface area (Å²) in [4.78, 5) is 20.5. The number of hydrogen-bond donors (Lipinski definition) is 1. The van der Waals surface area contributed by atoms with E-state index in [1.165, 1.54) is 0 Å². The summed E-state index contributed by atoms with van der Waals surface area (Å²) < 4.78 is 9.67. The highest BCUT2D eigenvalue weighted by Gasteiger charge is 2.08. The van der Waals surface area contributed by atoms with E-state index in [9.17, 15) is 14.9 Å². The fraction of sp³-hybridized carbons (Fsp3) is 0.417. The van der Waals surface area contributed by atoms with Crippen LogP contribution < -0.4 is 4.74 Å². The minimum atomic E-state index is -0.825. The molecule has 0 amide bonds. The molecular weight excluding hydrogens is 254 g/mol. The Bertz CT molecular complexity index is 428. The molecule has 0 saturated heterocycles. The van der Waals surface area contributed by atoms with E-state index in [0.717, 1.165) is 0 Å². The van der Waals surface area contributed by atoms with Crippen molar-refractivity contribution in [2.24, 2.45) is 0 Å². The van der Waals surface area contributed by atoms with E-state index in [0.29, 0.717) is 11.3 Å². The van der Waals surface area contributed by atoms with Crippen LogP contribution in [0.25, 0.3) is 0 Å². The van der Waals surface area contributed by atoms with Crippen LogP contribution in [-0.2, 0) is 16.0 Å². The molecule has 0 aliphatic carbocycles. The predicted octanol–water partition coefficient (Wildman–Crippen LogP) is 0.766. The summed E-state index contributed by atoms with van der Waals surface area (Å²) >= 11 is 0. The first-order valence-electron chi connectivity index (χ1n) is 5.64. The van der Waals surface area contributed by atoms with Crippen LogP contribution >= 0.6 is 0 Å². The van der Waals surface area contributed by atoms with E-state index in [-0.39, 0.29) is 13.0 Å². The van der Waals surface area contributed by atoms with Crippen molar-refractivity contribution in [2.75, 3.05) is 13.3 Å². The van der Waals surface area contributed by atoms with Gasteiger partial charge >= 0.3 is 12.7 Å². The van der Waals surface area contributed by atoms with Crippen molar-refractivity contribution in [2.45, 2.75) is 19.4 Å². The summed E-state index contributed by atoms with van der Waals surface area (Å²) in [6, 6.07) is 6.62. The molecule has 7 nitrogen and oxygen atoms in total. The Balaban J connectivity index is 2.43. The molecule has 1 atom stereocenters. The Kier molecular flexibility index (Phi) is 5.74. The van der Waals surface area contributed by atoms with Crippen molar-refractivity contribution in [3.63, 3.8) is 0 Å². The van der Waals surface area contributed by atoms with E-state index in [4.69, 9.17) is 9.84 Å². The first kappa shape index (κ1) is 14.9. The number of aliphatic hydroxyl groups is 1. The molecule has 1 aromatic carbocycles. The van der Waals surface area contributed by atoms with Crippen LogP contribution in [0.15, 0.2) is 24.3 Å². The molecule has 1 unspecified atom stereocenters. The van der Waals surface area contributed by atoms with E-state index in [1.807, 2.05) is 0 Å². The molecule has 0 aliphatic rings. The van der Waals surface area contributed by atoms with Crippen LogP contribution in [0.5, 0.6) is 5.75 Å². The molecule has 0 aliphatic heterocycles. The number of rotatable bonds is 7. The molecule has 19 heavy (non-hydrogen) atoms. The van der Waals surface area contributed by atoms with Crippen molar-refractivity contribution in [3.05, 3.63) is 39.9 Å². The van der Waals surface area contributed by atoms with Gasteiger partial charge in [-0.2, -0.15) is 0 Å². The lowest BCUT2D eigenvalue weighted by atomic mass is 10.1. The number of carbonyl (C=O) groups is 1. The fourth-order valence-electron chi connectivity index (χ4n) is 1.26. The number of carbonyl (C=O) groups excluding carboxylic acids is 1. The van der Waals surface area contributed by atoms with Crippen LogP contribution in [0.2, 0.25) is 0 Å². The zero-order valence-corrected chi connectivity index (χ0v) is 10.4. The molecule has 0 heterocycles. The second-order valence-corrected chi connectivity index (χ2v) is 3.96. The zero-order chi connectivity index (χ0) is 14.3. The number of ether oxygens (including phenoxy) is 2. The van der Waals surface area contributed by atoms with Gasteiger partial charge in [-0.25, -0.2) is 0 Å². The maximum atomic E-state index is 11.2. The van der Waals surface area contributed by atoms with Gasteiger partial charge in [-0.15, -0.1) is 0 Å². The number of hydrogen-bond acceptors (Lipinski definition) is 6. The third-order valence-corrected chi connectivity index (χ3v) is 2.09. The Morgan fingerprint density at radius 2 is 2.05 bits per heavy atom. The molecule has 1 aromatic rings. The maximum absolute atomic E-state index is 11.2. The maximum Gasteiger partial charge on any atom is 0.346 e. The van der Waals surface area contributed by atoms with Gasteiger partial charge in [0.15, 0.2) is 0 Å². The van der Waals surface area contributed by atoms with Crippen LogP contribution in [-0.4, -0.2) is 35.4 Å². The van der Waals surface area contributed by atoms with Crippen LogP contribution in [0.4, 0.5) is 0 Å². The van der Waals surface area contributed by atoms with E-state index < -0.39 is 23.7 Å². The summed E-state index contributed by atoms with van der Waals surface area (Å²) in [6.45, 7) is 0.971. The fourth-order valence-corrected chi connectivity index (χ4v) is 1.26. The first-order chi connectivity index (χ1) is 8.97. The average Bonchev–Trinajstić information content (AvgIpc) is 2.35. The molecule has 104 valence electrons. The van der Waals surface area contributed by atoms with Crippen LogP contribution in [0.1, 0.15) is 12.5 Å². The van der Waals surface area contributed by atoms with Crippen molar-refractivity contribution in [1.82, 2.24) is 0 Å². The SMILES string of the molecule is CC(O)COc1ccc(CC(=O)OC[N+](=O)[O-])cc1. The third kappa shape index (κ3) is 6.37. The largest absolute Gasteiger partial charge is 0.491 e. The van der Waals surface area contributed by atoms with Gasteiger partial charge in [-0.1, -0.05) is 12.1 Å². The van der Waals surface area contributed by atoms with Gasteiger partial charge in [0.2, 0.25) is 0 Å². The van der Waals surface area contributed by atoms with Gasteiger partial charge in [-0.05, 0) is 24.6 Å². The molecule has 0 saturated carbocycles. The highest BCUT2D eigenvalue weighted by Crippen LogP contribution is 2.13. The van der Waals surface area contributed by atoms with E-state index in [1.54, 1.807) is 31.2 Å². The zero-order valence-electron chi connectivity index (χ0n) is 10.4. The van der Waals surface area contributed by atoms with Gasteiger partial charge in [0.05, 0.1) is 17.4 Å². The van der Waals surface area contributed by atoms with Crippen LogP contribution in [0.3, 0.4) is 0 Å². The lowest BCUT2D eigenvalue weighted by Crippen LogP contribution is -2.14. The van der Waals surface area contributed by atoms with Crippen LogP contribution in [0, 0.1) is 10.1 Å². The lowest BCUT2D eigenvalue weighted by molar-refractivity contribution is -0.519. The summed E-state index contributed by atoms with van der Waals surface area (Å²) in [5, 5.41) is 19.1. The molecule has 0 fully saturated rings. The lowest BCUT2D eigenvalue weighted by Gasteiger charge is -2.08. The number of nitro groups is 1. The summed E-state index contributed by atoms with van der Waals surface area (Å²) in [6.07, 6.45) is -0.596. The van der Waals surface area contributed by atoms with E-state index in [2.05, 4.69) is 4.74 Å². The minimum Gasteiger partial charge on any atom is -0.491 e. The number of esters is 1. The monoisotopic (exact) mass is 269 g/mol. The smallest absolute Gasteiger partial charge is 0.346 e. The second kappa shape index (κ2) is 7.32. The van der Waals surface area contributed by atoms with Gasteiger partial charge in [0, 0.05) is 0 Å². The highest BCUT2D eigenvalue weighted by atomic mass is 16.7. The Labute approximate surface area is 109 Å². The molecule has 1 rings (SSSR count). The standard InChI is InChI=1S/C12H15NO6/c1-9(14)7-18-11-4-2-10(3-5-11)6-12(15)19-8-13(16)17/h2-5,9,14H,6-8H2,1H3. The predicted molar refractivity (Wildman–Crippen MR) is 65.3 cm³/mol. The summed E-state index contributed by atoms with van der Waals surface area (Å²) in [5.74, 6) is -0.0855. The number of aliphatic hydroxyl groups excluding tert-OH is 1. The Morgan fingerprint density at radius 3 is 2.58 bits per heavy atom. The minimum absolute atomic E-state index is 0.0372. The average molecular weight is 269 g/mol. The van der Waals surface area contributed by atoms with Crippen molar-refractivity contribution in [1.29, 1.82) is 0 Å². The molecule has 0 bridgehead atoms. The first-order valence-corrected chi connectivity index (χ1v) is 5.64. The van der Waals surface area contributed by atoms with Crippen molar-refractivity contribution < 1.29 is 24.3 Å². The number of nitrogens with zero attached hydrogens (tertiary/aromatic N) is 1. The van der Waals surface area contributed by atoms with E-state index >= 15 is 0 Å². The van der Waals surface area contributed by atoms with Gasteiger partial charge in [0.1, 0.15) is 12.4 Å².